The molecule has 518 valence electrons. The van der Waals surface area contributed by atoms with Crippen molar-refractivity contribution < 1.29 is 80.2 Å². The number of carbonyl (C=O) groups is 4. The van der Waals surface area contributed by atoms with Gasteiger partial charge in [0.15, 0.2) is 12.2 Å². The molecule has 0 heterocycles. The van der Waals surface area contributed by atoms with E-state index in [-0.39, 0.29) is 25.7 Å². The maximum Gasteiger partial charge on any atom is 0.472 e. The van der Waals surface area contributed by atoms with Gasteiger partial charge in [-0.1, -0.05) is 277 Å². The summed E-state index contributed by atoms with van der Waals surface area (Å²) in [6.45, 7) is 7.09. The number of hydrogen-bond donors (Lipinski definition) is 3. The van der Waals surface area contributed by atoms with Crippen LogP contribution in [0.5, 0.6) is 0 Å². The van der Waals surface area contributed by atoms with Crippen molar-refractivity contribution in [3.05, 3.63) is 24.3 Å². The lowest BCUT2D eigenvalue weighted by atomic mass is 10.0. The summed E-state index contributed by atoms with van der Waals surface area (Å²) in [5.41, 5.74) is 0. The molecule has 3 N–H and O–H groups in total. The van der Waals surface area contributed by atoms with Crippen molar-refractivity contribution in [3.8, 4) is 0 Å². The lowest BCUT2D eigenvalue weighted by Gasteiger charge is -2.21. The molecule has 0 aromatic carbocycles. The molecule has 0 rings (SSSR count). The van der Waals surface area contributed by atoms with Crippen LogP contribution in [0.1, 0.15) is 330 Å². The van der Waals surface area contributed by atoms with Gasteiger partial charge in [0.25, 0.3) is 0 Å². The van der Waals surface area contributed by atoms with Crippen molar-refractivity contribution in [1.82, 2.24) is 0 Å². The minimum absolute atomic E-state index is 0.0854. The highest BCUT2D eigenvalue weighted by Gasteiger charge is 2.30. The van der Waals surface area contributed by atoms with E-state index in [1.54, 1.807) is 0 Å². The van der Waals surface area contributed by atoms with Gasteiger partial charge in [0.1, 0.15) is 19.3 Å². The minimum atomic E-state index is -4.96. The zero-order valence-electron chi connectivity index (χ0n) is 56.3. The molecule has 0 aliphatic carbocycles. The third-order valence-corrected chi connectivity index (χ3v) is 17.3. The number of aliphatic hydroxyl groups excluding tert-OH is 1. The molecule has 0 aromatic rings. The van der Waals surface area contributed by atoms with Crippen LogP contribution in [0.15, 0.2) is 24.3 Å². The van der Waals surface area contributed by atoms with Crippen LogP contribution in [-0.2, 0) is 65.4 Å². The third-order valence-electron chi connectivity index (χ3n) is 15.4. The van der Waals surface area contributed by atoms with E-state index in [9.17, 15) is 43.2 Å². The van der Waals surface area contributed by atoms with Crippen LogP contribution in [0, 0.1) is 5.92 Å². The van der Waals surface area contributed by atoms with E-state index in [1.165, 1.54) is 141 Å². The first-order valence-electron chi connectivity index (χ1n) is 35.5. The number of hydrogen-bond acceptors (Lipinski definition) is 15. The summed E-state index contributed by atoms with van der Waals surface area (Å²) < 4.78 is 68.1. The number of aliphatic hydroxyl groups is 1. The van der Waals surface area contributed by atoms with Crippen LogP contribution in [0.25, 0.3) is 0 Å². The SMILES string of the molecule is CCCCCC/C=C\C=C/CCCCCCCC(=O)O[C@H](COC(=O)CCCCCCCCCCCCCCCC)COP(=O)(O)OC[C@@H](O)COP(=O)(O)OC[C@@H](COC(=O)CCCCCCCCCCC)OC(=O)CCCCCCCCCC(C)C. The molecule has 0 bridgehead atoms. The van der Waals surface area contributed by atoms with Crippen molar-refractivity contribution in [2.24, 2.45) is 5.92 Å². The second-order valence-electron chi connectivity index (χ2n) is 24.7. The molecule has 0 aliphatic heterocycles. The van der Waals surface area contributed by atoms with Crippen LogP contribution >= 0.6 is 15.6 Å². The largest absolute Gasteiger partial charge is 0.472 e. The first-order valence-corrected chi connectivity index (χ1v) is 38.4. The van der Waals surface area contributed by atoms with Crippen LogP contribution in [-0.4, -0.2) is 96.7 Å². The average molecular weight is 1290 g/mol. The summed E-state index contributed by atoms with van der Waals surface area (Å²) >= 11 is 0. The minimum Gasteiger partial charge on any atom is -0.462 e. The van der Waals surface area contributed by atoms with Gasteiger partial charge in [-0.3, -0.25) is 37.3 Å². The number of esters is 4. The number of allylic oxidation sites excluding steroid dienone is 4. The maximum absolute atomic E-state index is 13.0. The summed E-state index contributed by atoms with van der Waals surface area (Å²) in [5, 5.41) is 10.6. The van der Waals surface area contributed by atoms with Gasteiger partial charge < -0.3 is 33.8 Å². The van der Waals surface area contributed by atoms with Crippen LogP contribution < -0.4 is 0 Å². The number of phosphoric ester groups is 2. The monoisotopic (exact) mass is 1290 g/mol. The standard InChI is InChI=1S/C69H130O17P2/c1-6-9-12-15-18-21-23-25-27-29-31-34-39-44-49-54-68(73)85-64(58-80-67(72)53-48-43-38-33-30-28-26-24-22-19-16-13-10-7-2)60-83-87(75,76)81-56-63(70)57-82-88(77,78)84-61-65(59-79-66(71)52-47-42-37-32-20-17-14-11-8-3)86-69(74)55-50-45-40-35-36-41-46-51-62(4)5/h21,23,25,27,62-65,70H,6-20,22,24,26,28-61H2,1-5H3,(H,75,76)(H,77,78)/b23-21-,27-25-/t63-,64-,65-/m1/s1. The van der Waals surface area contributed by atoms with E-state index < -0.39 is 97.5 Å². The second-order valence-corrected chi connectivity index (χ2v) is 27.6. The van der Waals surface area contributed by atoms with Gasteiger partial charge >= 0.3 is 39.5 Å². The van der Waals surface area contributed by atoms with Crippen LogP contribution in [0.4, 0.5) is 0 Å². The number of phosphoric acid groups is 2. The quantitative estimate of drug-likeness (QED) is 0.0169. The van der Waals surface area contributed by atoms with E-state index in [2.05, 4.69) is 58.9 Å². The highest BCUT2D eigenvalue weighted by atomic mass is 31.2. The fourth-order valence-electron chi connectivity index (χ4n) is 9.93. The topological polar surface area (TPSA) is 237 Å². The van der Waals surface area contributed by atoms with Gasteiger partial charge in [-0.05, 0) is 57.3 Å². The van der Waals surface area contributed by atoms with Crippen LogP contribution in [0.3, 0.4) is 0 Å². The van der Waals surface area contributed by atoms with Crippen molar-refractivity contribution in [3.63, 3.8) is 0 Å². The summed E-state index contributed by atoms with van der Waals surface area (Å²) in [6, 6.07) is 0. The summed E-state index contributed by atoms with van der Waals surface area (Å²) in [4.78, 5) is 72.4. The van der Waals surface area contributed by atoms with Crippen molar-refractivity contribution in [1.29, 1.82) is 0 Å². The summed E-state index contributed by atoms with van der Waals surface area (Å²) in [7, 11) is -9.91. The Bertz CT molecular complexity index is 1800. The van der Waals surface area contributed by atoms with Gasteiger partial charge in [-0.25, -0.2) is 9.13 Å². The summed E-state index contributed by atoms with van der Waals surface area (Å²) in [6.07, 6.45) is 50.8. The number of carbonyl (C=O) groups excluding carboxylic acids is 4. The van der Waals surface area contributed by atoms with Gasteiger partial charge in [0, 0.05) is 25.7 Å². The Balaban J connectivity index is 5.27. The lowest BCUT2D eigenvalue weighted by molar-refractivity contribution is -0.161. The third kappa shape index (κ3) is 62.4. The zero-order valence-corrected chi connectivity index (χ0v) is 58.1. The lowest BCUT2D eigenvalue weighted by Crippen LogP contribution is -2.30. The Kier molecular flexibility index (Phi) is 60.3. The average Bonchev–Trinajstić information content (AvgIpc) is 3.68. The molecule has 0 spiro atoms. The first kappa shape index (κ1) is 85.5. The molecule has 2 unspecified atom stereocenters. The van der Waals surface area contributed by atoms with E-state index in [4.69, 9.17) is 37.0 Å². The molecule has 0 aromatic heterocycles. The Morgan fingerprint density at radius 1 is 0.352 bits per heavy atom. The van der Waals surface area contributed by atoms with Gasteiger partial charge in [-0.2, -0.15) is 0 Å². The molecule has 0 amide bonds. The molecule has 19 heteroatoms. The summed E-state index contributed by atoms with van der Waals surface area (Å²) in [5.74, 6) is -1.46. The normalized spacial score (nSPS) is 14.3. The molecular weight excluding hydrogens is 1160 g/mol. The zero-order chi connectivity index (χ0) is 64.9. The van der Waals surface area contributed by atoms with E-state index >= 15 is 0 Å². The van der Waals surface area contributed by atoms with Crippen molar-refractivity contribution in [2.45, 2.75) is 348 Å². The molecule has 0 saturated heterocycles. The Hall–Kier alpha value is -2.46. The van der Waals surface area contributed by atoms with E-state index in [1.807, 2.05) is 0 Å². The highest BCUT2D eigenvalue weighted by Crippen LogP contribution is 2.45. The molecule has 0 aliphatic rings. The Labute approximate surface area is 535 Å². The second kappa shape index (κ2) is 62.0. The van der Waals surface area contributed by atoms with Gasteiger partial charge in [0.05, 0.1) is 26.4 Å². The highest BCUT2D eigenvalue weighted by molar-refractivity contribution is 7.47. The number of ether oxygens (including phenoxy) is 4. The first-order chi connectivity index (χ1) is 42.5. The molecule has 17 nitrogen and oxygen atoms in total. The predicted octanol–water partition coefficient (Wildman–Crippen LogP) is 19.3. The predicted molar refractivity (Wildman–Crippen MR) is 354 cm³/mol. The van der Waals surface area contributed by atoms with E-state index in [0.29, 0.717) is 31.6 Å². The molecule has 0 radical (unpaired) electrons. The Morgan fingerprint density at radius 2 is 0.614 bits per heavy atom. The number of unbranched alkanes of at least 4 members (excludes halogenated alkanes) is 36. The smallest absolute Gasteiger partial charge is 0.462 e. The van der Waals surface area contributed by atoms with E-state index in [0.717, 1.165) is 103 Å². The molecule has 0 saturated carbocycles. The molecule has 5 atom stereocenters. The van der Waals surface area contributed by atoms with Gasteiger partial charge in [0.2, 0.25) is 0 Å². The maximum atomic E-state index is 13.0. The van der Waals surface area contributed by atoms with Crippen molar-refractivity contribution in [2.75, 3.05) is 39.6 Å². The molecule has 88 heavy (non-hydrogen) atoms. The fraction of sp³-hybridized carbons (Fsp3) is 0.884. The Morgan fingerprint density at radius 3 is 0.932 bits per heavy atom. The number of rotatable bonds is 67. The molecular formula is C69H130O17P2. The fourth-order valence-corrected chi connectivity index (χ4v) is 11.5. The van der Waals surface area contributed by atoms with Gasteiger partial charge in [-0.15, -0.1) is 0 Å². The van der Waals surface area contributed by atoms with Crippen LogP contribution in [0.2, 0.25) is 0 Å². The molecule has 0 fully saturated rings. The van der Waals surface area contributed by atoms with Crippen molar-refractivity contribution >= 4 is 39.5 Å².